The Morgan fingerprint density at radius 3 is 2.52 bits per heavy atom. The lowest BCUT2D eigenvalue weighted by molar-refractivity contribution is -0.298. The number of aliphatic hydroxyl groups excluding tert-OH is 1. The molecule has 25 heavy (non-hydrogen) atoms. The summed E-state index contributed by atoms with van der Waals surface area (Å²) in [6.45, 7) is 4.79. The van der Waals surface area contributed by atoms with Gasteiger partial charge in [-0.15, -0.1) is 0 Å². The lowest BCUT2D eigenvalue weighted by Gasteiger charge is -2.37. The van der Waals surface area contributed by atoms with Gasteiger partial charge in [-0.05, 0) is 26.8 Å². The number of ether oxygens (including phenoxy) is 2. The van der Waals surface area contributed by atoms with Crippen molar-refractivity contribution in [1.29, 1.82) is 0 Å². The minimum Gasteiger partial charge on any atom is -0.467 e. The second-order valence-electron chi connectivity index (χ2n) is 6.83. The predicted octanol–water partition coefficient (Wildman–Crippen LogP) is 1.49. The van der Waals surface area contributed by atoms with Crippen LogP contribution in [0.25, 0.3) is 10.9 Å². The normalized spacial score (nSPS) is 15.6. The monoisotopic (exact) mass is 349 g/mol. The quantitative estimate of drug-likeness (QED) is 0.466. The van der Waals surface area contributed by atoms with E-state index in [-0.39, 0.29) is 6.54 Å². The summed E-state index contributed by atoms with van der Waals surface area (Å²) in [5.41, 5.74) is 0.249. The first-order valence-corrected chi connectivity index (χ1v) is 7.83. The minimum absolute atomic E-state index is 0.269. The van der Waals surface area contributed by atoms with Crippen LogP contribution in [0.3, 0.4) is 0 Å². The molecule has 1 heterocycles. The molecule has 0 aliphatic heterocycles. The number of rotatable bonds is 6. The number of hydrogen-bond acceptors (Lipinski definition) is 6. The highest BCUT2D eigenvalue weighted by molar-refractivity contribution is 5.97. The van der Waals surface area contributed by atoms with Crippen LogP contribution in [0.15, 0.2) is 30.5 Å². The fourth-order valence-electron chi connectivity index (χ4n) is 2.74. The standard InChI is InChI=1S/C18H23NO6/c1-17(2,3)25-18(23,15(21)16(22)24-4)11-19-9-12(10-20)13-7-5-6-8-14(13)19/h5-10,15,21,23H,11H2,1-4H3. The summed E-state index contributed by atoms with van der Waals surface area (Å²) in [6.07, 6.45) is 0.329. The molecule has 7 nitrogen and oxygen atoms in total. The molecule has 1 aromatic heterocycles. The zero-order valence-corrected chi connectivity index (χ0v) is 14.7. The molecule has 2 aromatic rings. The first-order chi connectivity index (χ1) is 11.6. The summed E-state index contributed by atoms with van der Waals surface area (Å²) in [5.74, 6) is -3.26. The molecular formula is C18H23NO6. The lowest BCUT2D eigenvalue weighted by Crippen LogP contribution is -2.55. The molecule has 0 aliphatic rings. The van der Waals surface area contributed by atoms with E-state index in [9.17, 15) is 19.8 Å². The van der Waals surface area contributed by atoms with Gasteiger partial charge >= 0.3 is 5.97 Å². The molecule has 2 rings (SSSR count). The number of carbonyl (C=O) groups excluding carboxylic acids is 2. The zero-order chi connectivity index (χ0) is 18.8. The van der Waals surface area contributed by atoms with Gasteiger partial charge in [0.25, 0.3) is 0 Å². The van der Waals surface area contributed by atoms with Crippen LogP contribution >= 0.6 is 0 Å². The van der Waals surface area contributed by atoms with E-state index in [2.05, 4.69) is 4.74 Å². The molecule has 0 spiro atoms. The van der Waals surface area contributed by atoms with Gasteiger partial charge < -0.3 is 24.3 Å². The highest BCUT2D eigenvalue weighted by Gasteiger charge is 2.46. The maximum atomic E-state index is 11.8. The van der Waals surface area contributed by atoms with Crippen molar-refractivity contribution in [3.05, 3.63) is 36.0 Å². The Balaban J connectivity index is 2.50. The Kier molecular flexibility index (Phi) is 5.31. The van der Waals surface area contributed by atoms with E-state index in [0.29, 0.717) is 22.8 Å². The summed E-state index contributed by atoms with van der Waals surface area (Å²) in [4.78, 5) is 23.1. The smallest absolute Gasteiger partial charge is 0.340 e. The highest BCUT2D eigenvalue weighted by Crippen LogP contribution is 2.28. The SMILES string of the molecule is COC(=O)C(O)C(O)(Cn1cc(C=O)c2ccccc21)OC(C)(C)C. The lowest BCUT2D eigenvalue weighted by atomic mass is 10.1. The van der Waals surface area contributed by atoms with Crippen molar-refractivity contribution in [3.8, 4) is 0 Å². The van der Waals surface area contributed by atoms with Crippen molar-refractivity contribution >= 4 is 23.2 Å². The Bertz CT molecular complexity index is 775. The minimum atomic E-state index is -2.24. The molecule has 0 bridgehead atoms. The predicted molar refractivity (Wildman–Crippen MR) is 91.1 cm³/mol. The van der Waals surface area contributed by atoms with Gasteiger partial charge in [0.1, 0.15) is 0 Å². The number of benzene rings is 1. The average molecular weight is 349 g/mol. The maximum Gasteiger partial charge on any atom is 0.340 e. The third kappa shape index (κ3) is 4.07. The molecule has 2 unspecified atom stereocenters. The van der Waals surface area contributed by atoms with Crippen LogP contribution in [0, 0.1) is 0 Å². The van der Waals surface area contributed by atoms with Crippen LogP contribution in [0.1, 0.15) is 31.1 Å². The van der Waals surface area contributed by atoms with E-state index in [1.54, 1.807) is 55.8 Å². The van der Waals surface area contributed by atoms with Crippen LogP contribution in [0.5, 0.6) is 0 Å². The highest BCUT2D eigenvalue weighted by atomic mass is 16.7. The molecule has 0 saturated heterocycles. The van der Waals surface area contributed by atoms with Crippen molar-refractivity contribution in [3.63, 3.8) is 0 Å². The Morgan fingerprint density at radius 1 is 1.32 bits per heavy atom. The Labute approximate surface area is 145 Å². The van der Waals surface area contributed by atoms with Crippen LogP contribution < -0.4 is 0 Å². The number of esters is 1. The molecule has 0 saturated carbocycles. The molecule has 2 N–H and O–H groups in total. The fourth-order valence-corrected chi connectivity index (χ4v) is 2.74. The van der Waals surface area contributed by atoms with Crippen molar-refractivity contribution in [2.75, 3.05) is 7.11 Å². The van der Waals surface area contributed by atoms with Gasteiger partial charge in [-0.1, -0.05) is 18.2 Å². The molecule has 0 fully saturated rings. The maximum absolute atomic E-state index is 11.8. The number of aldehydes is 1. The molecule has 2 atom stereocenters. The summed E-state index contributed by atoms with van der Waals surface area (Å²) >= 11 is 0. The second kappa shape index (κ2) is 6.95. The van der Waals surface area contributed by atoms with Crippen molar-refractivity contribution < 1.29 is 29.3 Å². The number of aliphatic hydroxyl groups is 2. The average Bonchev–Trinajstić information content (AvgIpc) is 2.89. The summed E-state index contributed by atoms with van der Waals surface area (Å²) in [7, 11) is 1.11. The zero-order valence-electron chi connectivity index (χ0n) is 14.7. The summed E-state index contributed by atoms with van der Waals surface area (Å²) in [6, 6.07) is 7.12. The van der Waals surface area contributed by atoms with Gasteiger partial charge in [0, 0.05) is 22.7 Å². The molecule has 1 aromatic carbocycles. The third-order valence-corrected chi connectivity index (χ3v) is 3.68. The van der Waals surface area contributed by atoms with Crippen molar-refractivity contribution in [2.45, 2.75) is 44.8 Å². The number of aromatic nitrogens is 1. The molecular weight excluding hydrogens is 326 g/mol. The van der Waals surface area contributed by atoms with Crippen LogP contribution in [-0.4, -0.2) is 51.6 Å². The van der Waals surface area contributed by atoms with Gasteiger partial charge in [-0.25, -0.2) is 4.79 Å². The van der Waals surface area contributed by atoms with E-state index < -0.39 is 23.5 Å². The number of para-hydroxylation sites is 1. The fraction of sp³-hybridized carbons (Fsp3) is 0.444. The Hall–Kier alpha value is -2.22. The van der Waals surface area contributed by atoms with E-state index in [0.717, 1.165) is 7.11 Å². The van der Waals surface area contributed by atoms with Gasteiger partial charge in [0.15, 0.2) is 6.29 Å². The Morgan fingerprint density at radius 2 is 1.96 bits per heavy atom. The van der Waals surface area contributed by atoms with E-state index >= 15 is 0 Å². The number of fused-ring (bicyclic) bond motifs is 1. The summed E-state index contributed by atoms with van der Waals surface area (Å²) in [5, 5.41) is 21.9. The third-order valence-electron chi connectivity index (χ3n) is 3.68. The number of methoxy groups -OCH3 is 1. The van der Waals surface area contributed by atoms with Gasteiger partial charge in [0.05, 0.1) is 19.3 Å². The van der Waals surface area contributed by atoms with Crippen LogP contribution in [-0.2, 0) is 20.8 Å². The summed E-state index contributed by atoms with van der Waals surface area (Å²) < 4.78 is 11.7. The molecule has 7 heteroatoms. The topological polar surface area (TPSA) is 98.0 Å². The molecule has 0 radical (unpaired) electrons. The van der Waals surface area contributed by atoms with Crippen molar-refractivity contribution in [1.82, 2.24) is 4.57 Å². The largest absolute Gasteiger partial charge is 0.467 e. The van der Waals surface area contributed by atoms with E-state index in [4.69, 9.17) is 4.74 Å². The van der Waals surface area contributed by atoms with E-state index in [1.807, 2.05) is 0 Å². The number of carbonyl (C=O) groups is 2. The van der Waals surface area contributed by atoms with Gasteiger partial charge in [-0.2, -0.15) is 0 Å². The first kappa shape index (κ1) is 19.1. The first-order valence-electron chi connectivity index (χ1n) is 7.83. The van der Waals surface area contributed by atoms with E-state index in [1.165, 1.54) is 0 Å². The van der Waals surface area contributed by atoms with Crippen LogP contribution in [0.2, 0.25) is 0 Å². The number of nitrogens with zero attached hydrogens (tertiary/aromatic N) is 1. The van der Waals surface area contributed by atoms with Gasteiger partial charge in [0.2, 0.25) is 11.9 Å². The van der Waals surface area contributed by atoms with Crippen molar-refractivity contribution in [2.24, 2.45) is 0 Å². The second-order valence-corrected chi connectivity index (χ2v) is 6.83. The number of hydrogen-bond donors (Lipinski definition) is 2. The molecule has 0 amide bonds. The van der Waals surface area contributed by atoms with Gasteiger partial charge in [-0.3, -0.25) is 4.79 Å². The molecule has 0 aliphatic carbocycles. The van der Waals surface area contributed by atoms with Crippen LogP contribution in [0.4, 0.5) is 0 Å². The molecule has 136 valence electrons.